The molecule has 1 heterocycles. The van der Waals surface area contributed by atoms with Gasteiger partial charge in [0.2, 0.25) is 5.91 Å². The van der Waals surface area contributed by atoms with Crippen molar-refractivity contribution in [3.05, 3.63) is 48.6 Å². The Labute approximate surface area is 373 Å². The van der Waals surface area contributed by atoms with Gasteiger partial charge in [-0.1, -0.05) is 197 Å². The second kappa shape index (κ2) is 42.1. The Morgan fingerprint density at radius 3 is 1.48 bits per heavy atom. The summed E-state index contributed by atoms with van der Waals surface area (Å²) in [7, 11) is 0. The summed E-state index contributed by atoms with van der Waals surface area (Å²) < 4.78 is 11.2. The number of ether oxygens (including phenoxy) is 2. The summed E-state index contributed by atoms with van der Waals surface area (Å²) in [6, 6.07) is -0.826. The van der Waals surface area contributed by atoms with Crippen molar-refractivity contribution in [1.29, 1.82) is 0 Å². The highest BCUT2D eigenvalue weighted by Crippen LogP contribution is 2.22. The number of aliphatic hydroxyl groups is 5. The molecule has 1 rings (SSSR count). The minimum atomic E-state index is -1.57. The molecule has 1 aliphatic heterocycles. The molecular weight excluding hydrogens is 767 g/mol. The Hall–Kier alpha value is -1.85. The first-order valence-corrected chi connectivity index (χ1v) is 25.4. The van der Waals surface area contributed by atoms with Gasteiger partial charge in [0.1, 0.15) is 24.4 Å². The van der Waals surface area contributed by atoms with E-state index in [1.165, 1.54) is 141 Å². The largest absolute Gasteiger partial charge is 0.394 e. The van der Waals surface area contributed by atoms with Crippen LogP contribution in [0.15, 0.2) is 48.6 Å². The molecule has 7 atom stereocenters. The number of carbonyl (C=O) groups is 1. The molecule has 6 N–H and O–H groups in total. The van der Waals surface area contributed by atoms with Crippen LogP contribution >= 0.6 is 0 Å². The van der Waals surface area contributed by atoms with Crippen molar-refractivity contribution in [2.45, 2.75) is 262 Å². The predicted octanol–water partition coefficient (Wildman–Crippen LogP) is 11.4. The summed E-state index contributed by atoms with van der Waals surface area (Å²) in [5, 5.41) is 54.3. The van der Waals surface area contributed by atoms with E-state index in [0.29, 0.717) is 6.42 Å². The first-order valence-electron chi connectivity index (χ1n) is 25.4. The van der Waals surface area contributed by atoms with Gasteiger partial charge in [0.15, 0.2) is 6.29 Å². The van der Waals surface area contributed by atoms with E-state index in [9.17, 15) is 30.3 Å². The monoisotopic (exact) mass is 862 g/mol. The van der Waals surface area contributed by atoms with Crippen LogP contribution in [0.4, 0.5) is 0 Å². The van der Waals surface area contributed by atoms with E-state index >= 15 is 0 Å². The molecule has 1 aliphatic rings. The van der Waals surface area contributed by atoms with Crippen LogP contribution in [0.3, 0.4) is 0 Å². The zero-order chi connectivity index (χ0) is 44.4. The molecule has 0 aromatic carbocycles. The molecule has 9 heteroatoms. The second-order valence-electron chi connectivity index (χ2n) is 17.6. The molecule has 1 amide bonds. The average Bonchev–Trinajstić information content (AvgIpc) is 3.26. The van der Waals surface area contributed by atoms with Crippen LogP contribution in [0.25, 0.3) is 0 Å². The van der Waals surface area contributed by atoms with Gasteiger partial charge < -0.3 is 40.3 Å². The molecular formula is C52H95NO8. The van der Waals surface area contributed by atoms with Crippen molar-refractivity contribution in [1.82, 2.24) is 5.32 Å². The van der Waals surface area contributed by atoms with E-state index < -0.39 is 49.5 Å². The zero-order valence-electron chi connectivity index (χ0n) is 39.2. The third-order valence-corrected chi connectivity index (χ3v) is 11.9. The molecule has 61 heavy (non-hydrogen) atoms. The lowest BCUT2D eigenvalue weighted by molar-refractivity contribution is -0.302. The van der Waals surface area contributed by atoms with E-state index in [4.69, 9.17) is 9.47 Å². The van der Waals surface area contributed by atoms with E-state index in [1.54, 1.807) is 6.08 Å². The number of unbranched alkanes of at least 4 members (excludes halogenated alkanes) is 26. The van der Waals surface area contributed by atoms with Gasteiger partial charge in [0.05, 0.1) is 25.4 Å². The molecule has 0 bridgehead atoms. The highest BCUT2D eigenvalue weighted by Gasteiger charge is 2.44. The van der Waals surface area contributed by atoms with Crippen molar-refractivity contribution in [3.8, 4) is 0 Å². The molecule has 7 unspecified atom stereocenters. The summed E-state index contributed by atoms with van der Waals surface area (Å²) in [4.78, 5) is 13.0. The number of carbonyl (C=O) groups excluding carboxylic acids is 1. The lowest BCUT2D eigenvalue weighted by Gasteiger charge is -2.40. The van der Waals surface area contributed by atoms with Gasteiger partial charge in [-0.15, -0.1) is 0 Å². The average molecular weight is 862 g/mol. The smallest absolute Gasteiger partial charge is 0.220 e. The Kier molecular flexibility index (Phi) is 39.5. The topological polar surface area (TPSA) is 149 Å². The SMILES string of the molecule is CCCCCCCCCCC/C=C\C/C=C\CCCCCCCCCC(=O)NC(COC1OC(CO)C(O)C(O)C1O)C(O)/C=C/CC/C=C/CCCCCCCCCCC. The number of hydrogen-bond acceptors (Lipinski definition) is 8. The summed E-state index contributed by atoms with van der Waals surface area (Å²) in [6.07, 6.45) is 47.3. The van der Waals surface area contributed by atoms with Crippen molar-refractivity contribution in [3.63, 3.8) is 0 Å². The van der Waals surface area contributed by atoms with Gasteiger partial charge in [-0.3, -0.25) is 4.79 Å². The van der Waals surface area contributed by atoms with Crippen molar-refractivity contribution in [2.24, 2.45) is 0 Å². The molecule has 0 saturated carbocycles. The van der Waals surface area contributed by atoms with Gasteiger partial charge in [0, 0.05) is 6.42 Å². The number of amides is 1. The quantitative estimate of drug-likeness (QED) is 0.0262. The summed E-state index contributed by atoms with van der Waals surface area (Å²) >= 11 is 0. The Morgan fingerprint density at radius 1 is 0.557 bits per heavy atom. The van der Waals surface area contributed by atoms with Gasteiger partial charge in [-0.2, -0.15) is 0 Å². The summed E-state index contributed by atoms with van der Waals surface area (Å²) in [6.45, 7) is 3.75. The van der Waals surface area contributed by atoms with Gasteiger partial charge >= 0.3 is 0 Å². The second-order valence-corrected chi connectivity index (χ2v) is 17.6. The van der Waals surface area contributed by atoms with Crippen LogP contribution in [0.1, 0.15) is 219 Å². The fourth-order valence-electron chi connectivity index (χ4n) is 7.79. The Bertz CT molecular complexity index is 1090. The van der Waals surface area contributed by atoms with Gasteiger partial charge in [-0.05, 0) is 64.2 Å². The molecule has 9 nitrogen and oxygen atoms in total. The maximum absolute atomic E-state index is 13.0. The van der Waals surface area contributed by atoms with E-state index in [-0.39, 0.29) is 12.5 Å². The lowest BCUT2D eigenvalue weighted by Crippen LogP contribution is -2.60. The van der Waals surface area contributed by atoms with E-state index in [0.717, 1.165) is 57.8 Å². The fourth-order valence-corrected chi connectivity index (χ4v) is 7.79. The number of rotatable bonds is 42. The third kappa shape index (κ3) is 32.5. The molecule has 0 aliphatic carbocycles. The van der Waals surface area contributed by atoms with Gasteiger partial charge in [0.25, 0.3) is 0 Å². The Balaban J connectivity index is 2.31. The zero-order valence-corrected chi connectivity index (χ0v) is 39.2. The van der Waals surface area contributed by atoms with Crippen LogP contribution < -0.4 is 5.32 Å². The number of allylic oxidation sites excluding steroid dienone is 7. The predicted molar refractivity (Wildman–Crippen MR) is 253 cm³/mol. The molecule has 356 valence electrons. The molecule has 0 aromatic rings. The van der Waals surface area contributed by atoms with Crippen LogP contribution in [-0.2, 0) is 14.3 Å². The molecule has 0 radical (unpaired) electrons. The van der Waals surface area contributed by atoms with Crippen LogP contribution in [-0.4, -0.2) is 87.5 Å². The molecule has 0 spiro atoms. The Morgan fingerprint density at radius 2 is 0.984 bits per heavy atom. The first-order chi connectivity index (χ1) is 29.8. The van der Waals surface area contributed by atoms with Gasteiger partial charge in [-0.25, -0.2) is 0 Å². The molecule has 1 saturated heterocycles. The van der Waals surface area contributed by atoms with E-state index in [1.807, 2.05) is 6.08 Å². The van der Waals surface area contributed by atoms with Crippen LogP contribution in [0.2, 0.25) is 0 Å². The first kappa shape index (κ1) is 57.2. The minimum Gasteiger partial charge on any atom is -0.394 e. The number of nitrogens with one attached hydrogen (secondary N) is 1. The van der Waals surface area contributed by atoms with Crippen LogP contribution in [0, 0.1) is 0 Å². The highest BCUT2D eigenvalue weighted by molar-refractivity contribution is 5.76. The maximum Gasteiger partial charge on any atom is 0.220 e. The van der Waals surface area contributed by atoms with E-state index in [2.05, 4.69) is 55.6 Å². The number of aliphatic hydroxyl groups excluding tert-OH is 5. The fraction of sp³-hybridized carbons (Fsp3) is 0.827. The maximum atomic E-state index is 13.0. The molecule has 1 fully saturated rings. The van der Waals surface area contributed by atoms with Crippen molar-refractivity contribution in [2.75, 3.05) is 13.2 Å². The third-order valence-electron chi connectivity index (χ3n) is 11.9. The van der Waals surface area contributed by atoms with Crippen molar-refractivity contribution >= 4 is 5.91 Å². The van der Waals surface area contributed by atoms with Crippen molar-refractivity contribution < 1.29 is 39.8 Å². The standard InChI is InChI=1S/C52H95NO8/c1-3-5-7-9-11-13-15-17-19-20-21-22-23-24-25-26-28-30-32-34-36-38-40-42-48(56)53-45(44-60-52-51(59)50(58)49(57)47(43-54)61-52)46(55)41-39-37-35-33-31-29-27-18-16-14-12-10-8-6-4-2/h21-22,24-25,31,33,39,41,45-47,49-52,54-55,57-59H,3-20,23,26-30,32,34-38,40,42-44H2,1-2H3,(H,53,56)/b22-21-,25-24-,33-31+,41-39+. The normalized spacial score (nSPS) is 20.8. The van der Waals surface area contributed by atoms with Crippen LogP contribution in [0.5, 0.6) is 0 Å². The molecule has 0 aromatic heterocycles. The summed E-state index contributed by atoms with van der Waals surface area (Å²) in [5.41, 5.74) is 0. The minimum absolute atomic E-state index is 0.195. The number of hydrogen-bond donors (Lipinski definition) is 6. The lowest BCUT2D eigenvalue weighted by atomic mass is 9.99. The summed E-state index contributed by atoms with van der Waals surface area (Å²) in [5.74, 6) is -0.195. The highest BCUT2D eigenvalue weighted by atomic mass is 16.7.